The van der Waals surface area contributed by atoms with E-state index in [-0.39, 0.29) is 43.7 Å². The highest BCUT2D eigenvalue weighted by molar-refractivity contribution is 5.97. The van der Waals surface area contributed by atoms with Crippen LogP contribution in [0.1, 0.15) is 36.5 Å². The first-order valence-electron chi connectivity index (χ1n) is 9.24. The summed E-state index contributed by atoms with van der Waals surface area (Å²) in [5, 5.41) is 10.8. The van der Waals surface area contributed by atoms with E-state index in [9.17, 15) is 28.3 Å². The van der Waals surface area contributed by atoms with E-state index in [0.717, 1.165) is 0 Å². The molecule has 156 valence electrons. The number of nitrogens with zero attached hydrogens (tertiary/aromatic N) is 2. The van der Waals surface area contributed by atoms with E-state index >= 15 is 0 Å². The molecule has 8 nitrogen and oxygen atoms in total. The average Bonchev–Trinajstić information content (AvgIpc) is 2.90. The van der Waals surface area contributed by atoms with Crippen LogP contribution in [0.3, 0.4) is 0 Å². The lowest BCUT2D eigenvalue weighted by atomic mass is 9.87. The number of likely N-dealkylation sites (tertiary alicyclic amines) is 1. The number of nitrogens with one attached hydrogen (secondary N) is 1. The summed E-state index contributed by atoms with van der Waals surface area (Å²) in [6, 6.07) is 4.39. The van der Waals surface area contributed by atoms with Crippen LogP contribution in [0.15, 0.2) is 29.3 Å². The molecule has 2 aromatic rings. The zero-order valence-corrected chi connectivity index (χ0v) is 15.8. The van der Waals surface area contributed by atoms with Crippen molar-refractivity contribution in [2.24, 2.45) is 0 Å². The number of fused-ring (bicyclic) bond motifs is 1. The van der Waals surface area contributed by atoms with Gasteiger partial charge >= 0.3 is 11.9 Å². The lowest BCUT2D eigenvalue weighted by Crippen LogP contribution is -2.54. The van der Waals surface area contributed by atoms with Crippen molar-refractivity contribution in [1.29, 1.82) is 0 Å². The summed E-state index contributed by atoms with van der Waals surface area (Å²) in [6.45, 7) is 1.15. The van der Waals surface area contributed by atoms with Gasteiger partial charge in [-0.1, -0.05) is 0 Å². The summed E-state index contributed by atoms with van der Waals surface area (Å²) in [5.74, 6) is -6.28. The maximum Gasteiger partial charge on any atom is 0.380 e. The van der Waals surface area contributed by atoms with E-state index in [4.69, 9.17) is 0 Å². The number of ether oxygens (including phenoxy) is 1. The lowest BCUT2D eigenvalue weighted by Gasteiger charge is -2.33. The second-order valence-electron chi connectivity index (χ2n) is 6.94. The van der Waals surface area contributed by atoms with Gasteiger partial charge < -0.3 is 19.7 Å². The zero-order valence-electron chi connectivity index (χ0n) is 15.8. The van der Waals surface area contributed by atoms with E-state index in [2.05, 4.69) is 14.7 Å². The van der Waals surface area contributed by atoms with Gasteiger partial charge in [0.15, 0.2) is 0 Å². The van der Waals surface area contributed by atoms with E-state index in [1.54, 1.807) is 0 Å². The van der Waals surface area contributed by atoms with E-state index in [1.807, 2.05) is 0 Å². The van der Waals surface area contributed by atoms with Gasteiger partial charge in [-0.25, -0.2) is 9.78 Å². The molecule has 2 N–H and O–H groups in total. The number of aromatic amines is 1. The van der Waals surface area contributed by atoms with Crippen molar-refractivity contribution in [2.45, 2.75) is 37.7 Å². The van der Waals surface area contributed by atoms with Crippen LogP contribution < -0.4 is 5.56 Å². The molecule has 10 heteroatoms. The van der Waals surface area contributed by atoms with Crippen molar-refractivity contribution in [3.05, 3.63) is 40.4 Å². The Morgan fingerprint density at radius 1 is 1.34 bits per heavy atom. The molecule has 1 unspecified atom stereocenters. The predicted molar refractivity (Wildman–Crippen MR) is 98.6 cm³/mol. The maximum absolute atomic E-state index is 14.4. The summed E-state index contributed by atoms with van der Waals surface area (Å²) < 4.78 is 33.3. The fraction of sp³-hybridized carbons (Fsp3) is 0.474. The molecule has 1 fully saturated rings. The normalized spacial score (nSPS) is 20.3. The number of aromatic nitrogens is 2. The molecular weight excluding hydrogens is 388 g/mol. The minimum atomic E-state index is -4.07. The van der Waals surface area contributed by atoms with Crippen molar-refractivity contribution in [3.8, 4) is 0 Å². The van der Waals surface area contributed by atoms with Crippen molar-refractivity contribution < 1.29 is 28.2 Å². The first kappa shape index (κ1) is 20.8. The number of hydrogen-bond donors (Lipinski definition) is 2. The minimum absolute atomic E-state index is 0.0860. The fourth-order valence-corrected chi connectivity index (χ4v) is 3.43. The lowest BCUT2D eigenvalue weighted by molar-refractivity contribution is -0.216. The third kappa shape index (κ3) is 3.84. The van der Waals surface area contributed by atoms with E-state index in [1.165, 1.54) is 36.4 Å². The molecule has 0 spiro atoms. The molecule has 1 amide bonds. The second kappa shape index (κ2) is 7.86. The zero-order chi connectivity index (χ0) is 21.2. The van der Waals surface area contributed by atoms with Gasteiger partial charge in [0, 0.05) is 25.1 Å². The van der Waals surface area contributed by atoms with Crippen LogP contribution in [0, 0.1) is 0 Å². The van der Waals surface area contributed by atoms with Crippen molar-refractivity contribution in [2.75, 3.05) is 19.7 Å². The topological polar surface area (TPSA) is 113 Å². The number of H-pyrrole nitrogens is 1. The largest absolute Gasteiger partial charge is 0.461 e. The minimum Gasteiger partial charge on any atom is -0.461 e. The number of aliphatic hydroxyl groups is 1. The number of esters is 1. The van der Waals surface area contributed by atoms with Gasteiger partial charge in [-0.2, -0.15) is 8.78 Å². The van der Waals surface area contributed by atoms with Gasteiger partial charge in [0.25, 0.3) is 11.5 Å². The van der Waals surface area contributed by atoms with Gasteiger partial charge in [-0.3, -0.25) is 9.59 Å². The highest BCUT2D eigenvalue weighted by Gasteiger charge is 2.59. The molecule has 0 bridgehead atoms. The first-order chi connectivity index (χ1) is 13.7. The molecule has 29 heavy (non-hydrogen) atoms. The van der Waals surface area contributed by atoms with Crippen LogP contribution in [-0.2, 0) is 9.53 Å². The number of benzene rings is 1. The molecule has 1 aliphatic rings. The Kier molecular flexibility index (Phi) is 5.65. The van der Waals surface area contributed by atoms with Crippen LogP contribution in [0.25, 0.3) is 10.9 Å². The molecule has 0 aliphatic carbocycles. The molecule has 0 saturated carbocycles. The molecule has 1 saturated heterocycles. The summed E-state index contributed by atoms with van der Waals surface area (Å²) in [5.41, 5.74) is -2.35. The van der Waals surface area contributed by atoms with Crippen molar-refractivity contribution in [3.63, 3.8) is 0 Å². The van der Waals surface area contributed by atoms with Crippen molar-refractivity contribution in [1.82, 2.24) is 14.9 Å². The summed E-state index contributed by atoms with van der Waals surface area (Å²) in [7, 11) is 0. The first-order valence-corrected chi connectivity index (χ1v) is 9.24. The van der Waals surface area contributed by atoms with Gasteiger partial charge in [-0.15, -0.1) is 0 Å². The van der Waals surface area contributed by atoms with Crippen molar-refractivity contribution >= 4 is 22.8 Å². The Hall–Kier alpha value is -2.88. The van der Waals surface area contributed by atoms with Crippen LogP contribution >= 0.6 is 0 Å². The van der Waals surface area contributed by atoms with Crippen LogP contribution in [-0.4, -0.2) is 63.1 Å². The number of rotatable bonds is 4. The van der Waals surface area contributed by atoms with Gasteiger partial charge in [0.1, 0.15) is 5.60 Å². The SMILES string of the molecule is CCOC(=O)C(F)(F)C1(O)CCCN(C(=O)c2ccc3c(=O)[nH]cnc3c2)CC1. The number of amides is 1. The molecule has 1 aromatic carbocycles. The number of hydrogen-bond acceptors (Lipinski definition) is 6. The number of carbonyl (C=O) groups is 2. The number of halogens is 2. The Labute approximate surface area is 164 Å². The van der Waals surface area contributed by atoms with Crippen LogP contribution in [0.5, 0.6) is 0 Å². The van der Waals surface area contributed by atoms with Crippen LogP contribution in [0.4, 0.5) is 8.78 Å². The smallest absolute Gasteiger partial charge is 0.380 e. The van der Waals surface area contributed by atoms with Gasteiger partial charge in [0.2, 0.25) is 0 Å². The number of carbonyl (C=O) groups excluding carboxylic acids is 2. The third-order valence-electron chi connectivity index (χ3n) is 5.11. The molecule has 1 aliphatic heterocycles. The molecule has 1 atom stereocenters. The fourth-order valence-electron chi connectivity index (χ4n) is 3.43. The van der Waals surface area contributed by atoms with E-state index < -0.39 is 29.8 Å². The number of alkyl halides is 2. The van der Waals surface area contributed by atoms with E-state index in [0.29, 0.717) is 10.9 Å². The monoisotopic (exact) mass is 409 g/mol. The molecule has 1 aromatic heterocycles. The summed E-state index contributed by atoms with van der Waals surface area (Å²) >= 11 is 0. The highest BCUT2D eigenvalue weighted by Crippen LogP contribution is 2.38. The molecule has 3 rings (SSSR count). The predicted octanol–water partition coefficient (Wildman–Crippen LogP) is 1.48. The van der Waals surface area contributed by atoms with Gasteiger partial charge in [-0.05, 0) is 38.0 Å². The molecule has 0 radical (unpaired) electrons. The van der Waals surface area contributed by atoms with Gasteiger partial charge in [0.05, 0.1) is 23.8 Å². The van der Waals surface area contributed by atoms with Crippen LogP contribution in [0.2, 0.25) is 0 Å². The second-order valence-corrected chi connectivity index (χ2v) is 6.94. The average molecular weight is 409 g/mol. The summed E-state index contributed by atoms with van der Waals surface area (Å²) in [6.07, 6.45) is 0.485. The Morgan fingerprint density at radius 2 is 2.10 bits per heavy atom. The quantitative estimate of drug-likeness (QED) is 0.740. The Morgan fingerprint density at radius 3 is 2.83 bits per heavy atom. The summed E-state index contributed by atoms with van der Waals surface area (Å²) in [4.78, 5) is 44.0. The maximum atomic E-state index is 14.4. The molecular formula is C19H21F2N3O5. The standard InChI is InChI=1S/C19H21F2N3O5/c1-2-29-17(27)19(20,21)18(28)6-3-8-24(9-7-18)16(26)12-4-5-13-14(10-12)22-11-23-15(13)25/h4-5,10-11,28H,2-3,6-9H2,1H3,(H,22,23,25). The molecule has 2 heterocycles. The Balaban J connectivity index is 1.79. The third-order valence-corrected chi connectivity index (χ3v) is 5.11. The Bertz CT molecular complexity index is 993. The highest BCUT2D eigenvalue weighted by atomic mass is 19.3.